The molecule has 1 aliphatic heterocycles. The maximum atomic E-state index is 13.6. The van der Waals surface area contributed by atoms with Crippen LogP contribution in [0, 0.1) is 5.82 Å². The van der Waals surface area contributed by atoms with Gasteiger partial charge in [0, 0.05) is 23.7 Å². The Morgan fingerprint density at radius 3 is 2.70 bits per heavy atom. The highest BCUT2D eigenvalue weighted by Gasteiger charge is 2.26. The van der Waals surface area contributed by atoms with E-state index in [-0.39, 0.29) is 18.2 Å². The second-order valence-corrected chi connectivity index (χ2v) is 7.76. The second kappa shape index (κ2) is 8.28. The molecule has 3 heterocycles. The molecule has 0 aliphatic carbocycles. The number of hydrogen-bond donors (Lipinski definition) is 2. The van der Waals surface area contributed by atoms with E-state index >= 15 is 0 Å². The summed E-state index contributed by atoms with van der Waals surface area (Å²) in [6.07, 6.45) is 4.66. The van der Waals surface area contributed by atoms with Crippen molar-refractivity contribution in [2.24, 2.45) is 0 Å². The van der Waals surface area contributed by atoms with Gasteiger partial charge in [-0.25, -0.2) is 9.07 Å². The summed E-state index contributed by atoms with van der Waals surface area (Å²) in [4.78, 5) is 14.8. The summed E-state index contributed by atoms with van der Waals surface area (Å²) in [5.41, 5.74) is 3.34. The van der Waals surface area contributed by atoms with Gasteiger partial charge in [-0.3, -0.25) is 4.79 Å². The lowest BCUT2D eigenvalue weighted by Crippen LogP contribution is -2.31. The number of benzene rings is 1. The molecule has 0 amide bonds. The molecule has 156 valence electrons. The molecule has 0 spiro atoms. The van der Waals surface area contributed by atoms with Crippen LogP contribution in [0.2, 0.25) is 0 Å². The second-order valence-electron chi connectivity index (χ2n) is 7.76. The van der Waals surface area contributed by atoms with E-state index in [4.69, 9.17) is 9.84 Å². The minimum atomic E-state index is -0.705. The van der Waals surface area contributed by atoms with Crippen LogP contribution in [0.4, 0.5) is 4.39 Å². The Labute approximate surface area is 174 Å². The molecule has 3 aromatic rings. The lowest BCUT2D eigenvalue weighted by atomic mass is 9.98. The van der Waals surface area contributed by atoms with E-state index in [2.05, 4.69) is 18.8 Å². The fourth-order valence-corrected chi connectivity index (χ4v) is 3.68. The van der Waals surface area contributed by atoms with Crippen molar-refractivity contribution in [3.63, 3.8) is 0 Å². The number of halogens is 1. The number of esters is 1. The van der Waals surface area contributed by atoms with Gasteiger partial charge in [-0.1, -0.05) is 19.9 Å². The highest BCUT2D eigenvalue weighted by atomic mass is 19.1. The van der Waals surface area contributed by atoms with Gasteiger partial charge in [-0.05, 0) is 48.4 Å². The van der Waals surface area contributed by atoms with E-state index in [0.717, 1.165) is 28.3 Å². The van der Waals surface area contributed by atoms with E-state index in [0.29, 0.717) is 6.42 Å². The van der Waals surface area contributed by atoms with Crippen molar-refractivity contribution in [3.8, 4) is 17.1 Å². The number of aliphatic hydroxyl groups is 1. The van der Waals surface area contributed by atoms with Crippen LogP contribution in [-0.4, -0.2) is 38.0 Å². The van der Waals surface area contributed by atoms with Crippen LogP contribution in [0.25, 0.3) is 23.2 Å². The quantitative estimate of drug-likeness (QED) is 0.619. The van der Waals surface area contributed by atoms with Gasteiger partial charge in [0.15, 0.2) is 0 Å². The number of aliphatic hydroxyl groups excluding tert-OH is 1. The van der Waals surface area contributed by atoms with E-state index in [1.165, 1.54) is 12.1 Å². The molecule has 6 nitrogen and oxygen atoms in total. The van der Waals surface area contributed by atoms with Crippen molar-refractivity contribution in [3.05, 3.63) is 65.7 Å². The predicted molar refractivity (Wildman–Crippen MR) is 112 cm³/mol. The Bertz CT molecular complexity index is 1050. The molecule has 1 saturated heterocycles. The number of hydrogen-bond acceptors (Lipinski definition) is 4. The summed E-state index contributed by atoms with van der Waals surface area (Å²) in [7, 11) is 0. The van der Waals surface area contributed by atoms with Gasteiger partial charge in [-0.15, -0.1) is 0 Å². The van der Waals surface area contributed by atoms with Gasteiger partial charge in [0.1, 0.15) is 17.7 Å². The predicted octanol–water partition coefficient (Wildman–Crippen LogP) is 4.21. The fraction of sp³-hybridized carbons (Fsp3) is 0.304. The minimum absolute atomic E-state index is 0.0210. The molecule has 7 heteroatoms. The molecule has 1 fully saturated rings. The number of rotatable bonds is 5. The summed E-state index contributed by atoms with van der Waals surface area (Å²) >= 11 is 0. The van der Waals surface area contributed by atoms with Gasteiger partial charge < -0.3 is 14.8 Å². The third-order valence-corrected chi connectivity index (χ3v) is 5.09. The molecule has 2 atom stereocenters. The average molecular weight is 409 g/mol. The summed E-state index contributed by atoms with van der Waals surface area (Å²) in [6, 6.07) is 10.1. The van der Waals surface area contributed by atoms with Crippen LogP contribution in [-0.2, 0) is 9.53 Å². The molecule has 2 aromatic heterocycles. The molecule has 30 heavy (non-hydrogen) atoms. The van der Waals surface area contributed by atoms with Crippen LogP contribution in [0.5, 0.6) is 0 Å². The van der Waals surface area contributed by atoms with E-state index < -0.39 is 18.2 Å². The van der Waals surface area contributed by atoms with E-state index in [1.54, 1.807) is 18.2 Å². The molecule has 0 bridgehead atoms. The highest BCUT2D eigenvalue weighted by molar-refractivity contribution is 5.76. The first-order chi connectivity index (χ1) is 14.4. The molecule has 1 aliphatic rings. The average Bonchev–Trinajstić information content (AvgIpc) is 3.34. The Hall–Kier alpha value is -3.19. The summed E-state index contributed by atoms with van der Waals surface area (Å²) < 4.78 is 20.7. The number of nitrogens with one attached hydrogen (secondary N) is 1. The third-order valence-electron chi connectivity index (χ3n) is 5.09. The first-order valence-corrected chi connectivity index (χ1v) is 10.0. The first-order valence-electron chi connectivity index (χ1n) is 10.0. The molecule has 4 rings (SSSR count). The molecule has 1 aromatic carbocycles. The van der Waals surface area contributed by atoms with Gasteiger partial charge in [-0.2, -0.15) is 5.10 Å². The van der Waals surface area contributed by atoms with Crippen LogP contribution in [0.1, 0.15) is 43.9 Å². The molecule has 0 saturated carbocycles. The molecule has 0 radical (unpaired) electrons. The maximum Gasteiger partial charge on any atom is 0.309 e. The Morgan fingerprint density at radius 1 is 1.30 bits per heavy atom. The van der Waals surface area contributed by atoms with Crippen LogP contribution in [0.15, 0.2) is 48.7 Å². The molecule has 0 unspecified atom stereocenters. The van der Waals surface area contributed by atoms with Crippen molar-refractivity contribution in [2.45, 2.75) is 44.8 Å². The van der Waals surface area contributed by atoms with Crippen LogP contribution >= 0.6 is 0 Å². The number of ether oxygens (including phenoxy) is 1. The van der Waals surface area contributed by atoms with Crippen molar-refractivity contribution < 1.29 is 19.0 Å². The fourth-order valence-electron chi connectivity index (χ4n) is 3.68. The molecule has 2 N–H and O–H groups in total. The van der Waals surface area contributed by atoms with Gasteiger partial charge >= 0.3 is 5.97 Å². The topological polar surface area (TPSA) is 80.1 Å². The van der Waals surface area contributed by atoms with Gasteiger partial charge in [0.25, 0.3) is 0 Å². The largest absolute Gasteiger partial charge is 0.458 e. The molecular weight excluding hydrogens is 385 g/mol. The van der Waals surface area contributed by atoms with Crippen molar-refractivity contribution in [1.82, 2.24) is 14.8 Å². The number of nitrogens with zero attached hydrogens (tertiary/aromatic N) is 2. The lowest BCUT2D eigenvalue weighted by molar-refractivity contribution is -0.156. The zero-order valence-corrected chi connectivity index (χ0v) is 16.9. The Kier molecular flexibility index (Phi) is 5.55. The number of aromatic amines is 1. The van der Waals surface area contributed by atoms with Gasteiger partial charge in [0.2, 0.25) is 0 Å². The standard InChI is InChI=1S/C23H24FN3O3/c1-14(2)22-19(10-9-18-12-17(28)13-21(29)30-18)23(15-5-7-16(24)8-6-15)27(26-22)20-4-3-11-25-20/h3-11,14,17-18,25,28H,12-13H2,1-2H3/t17-,18-/m1/s1. The van der Waals surface area contributed by atoms with Crippen LogP contribution in [0.3, 0.4) is 0 Å². The summed E-state index contributed by atoms with van der Waals surface area (Å²) in [6.45, 7) is 4.11. The zero-order valence-electron chi connectivity index (χ0n) is 16.9. The summed E-state index contributed by atoms with van der Waals surface area (Å²) in [5.74, 6) is 0.192. The summed E-state index contributed by atoms with van der Waals surface area (Å²) in [5, 5.41) is 14.7. The van der Waals surface area contributed by atoms with E-state index in [9.17, 15) is 14.3 Å². The number of carbonyl (C=O) groups is 1. The lowest BCUT2D eigenvalue weighted by Gasteiger charge is -2.23. The zero-order chi connectivity index (χ0) is 21.3. The molecular formula is C23H24FN3O3. The van der Waals surface area contributed by atoms with Crippen molar-refractivity contribution in [2.75, 3.05) is 0 Å². The van der Waals surface area contributed by atoms with Gasteiger partial charge in [0.05, 0.1) is 23.9 Å². The minimum Gasteiger partial charge on any atom is -0.458 e. The van der Waals surface area contributed by atoms with E-state index in [1.807, 2.05) is 29.1 Å². The SMILES string of the molecule is CC(C)c1nn(-c2ccc[nH]2)c(-c2ccc(F)cc2)c1C=C[C@@H]1C[C@@H](O)CC(=O)O1. The number of aromatic nitrogens is 3. The number of cyclic esters (lactones) is 1. The number of carbonyl (C=O) groups excluding carboxylic acids is 1. The third kappa shape index (κ3) is 4.07. The smallest absolute Gasteiger partial charge is 0.309 e. The van der Waals surface area contributed by atoms with Crippen molar-refractivity contribution in [1.29, 1.82) is 0 Å². The maximum absolute atomic E-state index is 13.6. The Balaban J connectivity index is 1.84. The Morgan fingerprint density at radius 2 is 2.07 bits per heavy atom. The monoisotopic (exact) mass is 409 g/mol. The highest BCUT2D eigenvalue weighted by Crippen LogP contribution is 2.34. The van der Waals surface area contributed by atoms with Crippen molar-refractivity contribution >= 4 is 12.0 Å². The number of H-pyrrole nitrogens is 1. The normalized spacial score (nSPS) is 19.6. The van der Waals surface area contributed by atoms with Crippen LogP contribution < -0.4 is 0 Å². The first kappa shape index (κ1) is 20.1.